The lowest BCUT2D eigenvalue weighted by molar-refractivity contribution is -0.192. The molecule has 268 valence electrons. The SMILES string of the molecule is CC(=O)O[C@@H](CC(=O)O[C@H](C(=O)O)c1ccccc1)C(=O)OC1=CC[C@@]2(O)[C@H]3Cc4ccc(O)c5c4[C@@]2(CCN3C)[C@H]1O5.O=C(O)C(F)(F)F. The summed E-state index contributed by atoms with van der Waals surface area (Å²) < 4.78 is 54.0. The number of benzene rings is 2. The maximum absolute atomic E-state index is 13.4. The number of phenols is 1. The second-order valence-electron chi connectivity index (χ2n) is 12.2. The molecule has 4 aliphatic rings. The zero-order chi connectivity index (χ0) is 36.8. The van der Waals surface area contributed by atoms with E-state index in [4.69, 9.17) is 28.8 Å². The number of carbonyl (C=O) groups is 5. The lowest BCUT2D eigenvalue weighted by atomic mass is 9.50. The largest absolute Gasteiger partial charge is 0.504 e. The van der Waals surface area contributed by atoms with Crippen LogP contribution < -0.4 is 4.74 Å². The molecule has 0 saturated carbocycles. The molecule has 2 aromatic rings. The van der Waals surface area contributed by atoms with Crippen molar-refractivity contribution in [2.45, 2.75) is 74.2 Å². The number of nitrogens with zero attached hydrogens (tertiary/aromatic N) is 1. The number of rotatable bonds is 8. The number of carboxylic acids is 2. The van der Waals surface area contributed by atoms with Crippen molar-refractivity contribution in [1.82, 2.24) is 4.90 Å². The van der Waals surface area contributed by atoms with E-state index in [-0.39, 0.29) is 35.3 Å². The summed E-state index contributed by atoms with van der Waals surface area (Å²) in [7, 11) is 1.95. The molecule has 1 spiro atoms. The molecular formula is C33H32F3NO13. The van der Waals surface area contributed by atoms with Gasteiger partial charge in [0.2, 0.25) is 12.2 Å². The molecule has 0 radical (unpaired) electrons. The van der Waals surface area contributed by atoms with Crippen molar-refractivity contribution in [3.05, 3.63) is 71.0 Å². The predicted molar refractivity (Wildman–Crippen MR) is 159 cm³/mol. The molecular weight excluding hydrogens is 675 g/mol. The second kappa shape index (κ2) is 13.3. The van der Waals surface area contributed by atoms with Crippen molar-refractivity contribution in [2.75, 3.05) is 13.6 Å². The predicted octanol–water partition coefficient (Wildman–Crippen LogP) is 2.54. The second-order valence-corrected chi connectivity index (χ2v) is 12.2. The van der Waals surface area contributed by atoms with E-state index in [1.54, 1.807) is 30.3 Å². The van der Waals surface area contributed by atoms with Crippen LogP contribution in [-0.2, 0) is 50.0 Å². The molecule has 2 aliphatic carbocycles. The number of carboxylic acid groups (broad SMARTS) is 2. The fourth-order valence-electron chi connectivity index (χ4n) is 7.21. The Kier molecular flexibility index (Phi) is 9.60. The summed E-state index contributed by atoms with van der Waals surface area (Å²) in [5, 5.41) is 39.6. The summed E-state index contributed by atoms with van der Waals surface area (Å²) >= 11 is 0. The van der Waals surface area contributed by atoms with Gasteiger partial charge in [-0.05, 0) is 44.1 Å². The average molecular weight is 708 g/mol. The van der Waals surface area contributed by atoms with Gasteiger partial charge < -0.3 is 44.3 Å². The number of hydrogen-bond donors (Lipinski definition) is 4. The highest BCUT2D eigenvalue weighted by Gasteiger charge is 2.72. The number of likely N-dealkylation sites (tertiary alicyclic amines) is 1. The zero-order valence-electron chi connectivity index (χ0n) is 26.5. The summed E-state index contributed by atoms with van der Waals surface area (Å²) in [6.07, 6.45) is -7.58. The maximum atomic E-state index is 13.4. The van der Waals surface area contributed by atoms with Crippen LogP contribution in [0.3, 0.4) is 0 Å². The number of phenolic OH excluding ortho intramolecular Hbond substituents is 1. The highest BCUT2D eigenvalue weighted by Crippen LogP contribution is 2.65. The van der Waals surface area contributed by atoms with Gasteiger partial charge in [0.05, 0.1) is 17.4 Å². The standard InChI is InChI=1S/C31H31NO11.C2HF3O2/c1-16(33)40-21(15-23(35)42-25(28(36)37)17-6-4-3-5-7-17)29(38)41-20-10-11-31(39)22-14-18-8-9-19(34)26-24(18)30(31,27(20)43-26)12-13-32(22)2;3-2(4,5)1(6)7/h3-10,21-22,25,27,34,39H,11-15H2,1-2H3,(H,36,37);(H,6,7)/t21-,22+,25-,27-,30-,31+;/m0./s1. The lowest BCUT2D eigenvalue weighted by Gasteiger charge is -2.61. The van der Waals surface area contributed by atoms with E-state index in [0.717, 1.165) is 12.5 Å². The van der Waals surface area contributed by atoms with Crippen molar-refractivity contribution in [2.24, 2.45) is 0 Å². The number of likely N-dealkylation sites (N-methyl/N-ethyl adjacent to an activating group) is 1. The molecule has 2 bridgehead atoms. The van der Waals surface area contributed by atoms with Crippen molar-refractivity contribution in [3.63, 3.8) is 0 Å². The molecule has 17 heteroatoms. The summed E-state index contributed by atoms with van der Waals surface area (Å²) in [5.74, 6) is -7.07. The van der Waals surface area contributed by atoms with E-state index < -0.39 is 71.8 Å². The van der Waals surface area contributed by atoms with Gasteiger partial charge in [0.15, 0.2) is 17.6 Å². The molecule has 4 N–H and O–H groups in total. The zero-order valence-corrected chi connectivity index (χ0v) is 26.5. The first kappa shape index (κ1) is 36.1. The minimum Gasteiger partial charge on any atom is -0.504 e. The minimum atomic E-state index is -5.08. The van der Waals surface area contributed by atoms with Gasteiger partial charge in [-0.25, -0.2) is 14.4 Å². The molecule has 1 fully saturated rings. The van der Waals surface area contributed by atoms with Gasteiger partial charge in [-0.2, -0.15) is 13.2 Å². The van der Waals surface area contributed by atoms with E-state index in [2.05, 4.69) is 4.90 Å². The van der Waals surface area contributed by atoms with Gasteiger partial charge in [-0.3, -0.25) is 9.59 Å². The normalized spacial score (nSPS) is 25.6. The number of halogens is 3. The number of hydrogen-bond acceptors (Lipinski definition) is 12. The van der Waals surface area contributed by atoms with Gasteiger partial charge in [0.25, 0.3) is 0 Å². The summed E-state index contributed by atoms with van der Waals surface area (Å²) in [6, 6.07) is 10.9. The quantitative estimate of drug-likeness (QED) is 0.230. The van der Waals surface area contributed by atoms with Crippen LogP contribution in [0.4, 0.5) is 13.2 Å². The molecule has 50 heavy (non-hydrogen) atoms. The first-order valence-electron chi connectivity index (χ1n) is 15.2. The van der Waals surface area contributed by atoms with E-state index in [1.165, 1.54) is 12.1 Å². The van der Waals surface area contributed by atoms with Gasteiger partial charge >= 0.3 is 36.0 Å². The smallest absolute Gasteiger partial charge is 0.490 e. The molecule has 6 atom stereocenters. The molecule has 0 unspecified atom stereocenters. The van der Waals surface area contributed by atoms with Crippen molar-refractivity contribution in [1.29, 1.82) is 0 Å². The van der Waals surface area contributed by atoms with Crippen LogP contribution in [-0.4, -0.2) is 98.8 Å². The number of alkyl halides is 3. The molecule has 2 heterocycles. The number of ether oxygens (including phenoxy) is 4. The van der Waals surface area contributed by atoms with Crippen molar-refractivity contribution in [3.8, 4) is 11.5 Å². The molecule has 2 aromatic carbocycles. The molecule has 1 saturated heterocycles. The maximum Gasteiger partial charge on any atom is 0.490 e. The molecule has 0 aromatic heterocycles. The fraction of sp³-hybridized carbons (Fsp3) is 0.424. The first-order chi connectivity index (χ1) is 23.4. The van der Waals surface area contributed by atoms with Crippen LogP contribution in [0.25, 0.3) is 0 Å². The van der Waals surface area contributed by atoms with Crippen LogP contribution >= 0.6 is 0 Å². The lowest BCUT2D eigenvalue weighted by Crippen LogP contribution is -2.74. The number of piperidine rings is 1. The average Bonchev–Trinajstić information content (AvgIpc) is 3.40. The number of aliphatic hydroxyl groups is 1. The Hall–Kier alpha value is -5.16. The van der Waals surface area contributed by atoms with Gasteiger partial charge in [0, 0.05) is 30.5 Å². The Balaban J connectivity index is 0.000000630. The van der Waals surface area contributed by atoms with Crippen molar-refractivity contribution < 1.29 is 76.5 Å². The Morgan fingerprint density at radius 2 is 1.72 bits per heavy atom. The third-order valence-corrected chi connectivity index (χ3v) is 9.31. The fourth-order valence-corrected chi connectivity index (χ4v) is 7.21. The Morgan fingerprint density at radius 3 is 2.32 bits per heavy atom. The number of aliphatic carboxylic acids is 2. The Morgan fingerprint density at radius 1 is 1.06 bits per heavy atom. The number of carbonyl (C=O) groups excluding carboxylic acids is 3. The monoisotopic (exact) mass is 707 g/mol. The highest BCUT2D eigenvalue weighted by molar-refractivity contribution is 5.86. The minimum absolute atomic E-state index is 0.0552. The molecule has 6 rings (SSSR count). The van der Waals surface area contributed by atoms with E-state index in [1.807, 2.05) is 13.1 Å². The molecule has 2 aliphatic heterocycles. The third kappa shape index (κ3) is 6.33. The van der Waals surface area contributed by atoms with Gasteiger partial charge in [-0.1, -0.05) is 36.4 Å². The third-order valence-electron chi connectivity index (χ3n) is 9.31. The van der Waals surface area contributed by atoms with Gasteiger partial charge in [0.1, 0.15) is 5.76 Å². The Labute approximate surface area is 281 Å². The highest BCUT2D eigenvalue weighted by atomic mass is 19.4. The van der Waals surface area contributed by atoms with Crippen LogP contribution in [0.15, 0.2) is 54.3 Å². The first-order valence-corrected chi connectivity index (χ1v) is 15.2. The van der Waals surface area contributed by atoms with E-state index in [9.17, 15) is 47.7 Å². The Bertz CT molecular complexity index is 1750. The number of aromatic hydroxyl groups is 1. The molecule has 0 amide bonds. The van der Waals surface area contributed by atoms with E-state index in [0.29, 0.717) is 24.9 Å². The van der Waals surface area contributed by atoms with Crippen LogP contribution in [0.5, 0.6) is 11.5 Å². The van der Waals surface area contributed by atoms with Crippen molar-refractivity contribution >= 4 is 29.8 Å². The van der Waals surface area contributed by atoms with Gasteiger partial charge in [-0.15, -0.1) is 0 Å². The van der Waals surface area contributed by atoms with Crippen LogP contribution in [0.1, 0.15) is 49.0 Å². The topological polar surface area (TPSA) is 206 Å². The van der Waals surface area contributed by atoms with Crippen LogP contribution in [0.2, 0.25) is 0 Å². The molecule has 14 nitrogen and oxygen atoms in total. The summed E-state index contributed by atoms with van der Waals surface area (Å²) in [5.41, 5.74) is -0.466. The summed E-state index contributed by atoms with van der Waals surface area (Å²) in [6.45, 7) is 1.67. The van der Waals surface area contributed by atoms with Crippen LogP contribution in [0, 0.1) is 0 Å². The number of esters is 3. The van der Waals surface area contributed by atoms with E-state index >= 15 is 0 Å². The summed E-state index contributed by atoms with van der Waals surface area (Å²) in [4.78, 5) is 60.9.